The van der Waals surface area contributed by atoms with E-state index in [0.29, 0.717) is 35.1 Å². The van der Waals surface area contributed by atoms with Crippen LogP contribution < -0.4 is 5.32 Å². The maximum Gasteiger partial charge on any atom is 0.254 e. The van der Waals surface area contributed by atoms with Crippen LogP contribution in [0.1, 0.15) is 35.1 Å². The first-order valence-electron chi connectivity index (χ1n) is 9.47. The lowest BCUT2D eigenvalue weighted by Crippen LogP contribution is -2.08. The van der Waals surface area contributed by atoms with E-state index in [0.717, 1.165) is 23.2 Å². The van der Waals surface area contributed by atoms with E-state index < -0.39 is 0 Å². The van der Waals surface area contributed by atoms with Crippen LogP contribution in [0.2, 0.25) is 0 Å². The number of fused-ring (bicyclic) bond motifs is 1. The zero-order chi connectivity index (χ0) is 20.5. The van der Waals surface area contributed by atoms with Crippen molar-refractivity contribution in [3.05, 3.63) is 82.3 Å². The molecule has 0 aliphatic rings. The molecular formula is C22H21F2N5. The molecule has 0 spiro atoms. The van der Waals surface area contributed by atoms with E-state index in [4.69, 9.17) is 0 Å². The monoisotopic (exact) mass is 393 g/mol. The van der Waals surface area contributed by atoms with Gasteiger partial charge < -0.3 is 5.32 Å². The van der Waals surface area contributed by atoms with Crippen LogP contribution in [-0.4, -0.2) is 19.6 Å². The van der Waals surface area contributed by atoms with Gasteiger partial charge in [0.1, 0.15) is 17.5 Å². The van der Waals surface area contributed by atoms with E-state index in [9.17, 15) is 8.78 Å². The van der Waals surface area contributed by atoms with Crippen molar-refractivity contribution in [1.82, 2.24) is 19.6 Å². The molecule has 0 amide bonds. The third-order valence-electron chi connectivity index (χ3n) is 4.88. The summed E-state index contributed by atoms with van der Waals surface area (Å²) in [4.78, 5) is 9.07. The fourth-order valence-corrected chi connectivity index (χ4v) is 3.35. The molecule has 0 atom stereocenters. The molecule has 0 saturated carbocycles. The van der Waals surface area contributed by atoms with Gasteiger partial charge in [-0.3, -0.25) is 0 Å². The van der Waals surface area contributed by atoms with Gasteiger partial charge in [0.15, 0.2) is 5.82 Å². The van der Waals surface area contributed by atoms with Crippen molar-refractivity contribution < 1.29 is 8.78 Å². The average Bonchev–Trinajstić information content (AvgIpc) is 3.07. The summed E-state index contributed by atoms with van der Waals surface area (Å²) in [5, 5.41) is 7.87. The molecule has 4 rings (SSSR count). The topological polar surface area (TPSA) is 55.1 Å². The maximum atomic E-state index is 14.0. The Kier molecular flexibility index (Phi) is 4.96. The predicted molar refractivity (Wildman–Crippen MR) is 109 cm³/mol. The number of hydrogen-bond acceptors (Lipinski definition) is 4. The SMILES string of the molecule is CCc1c(C)nc2nc(Cc3cccc(F)c3)nn2c1Nc1ccc(C)c(F)c1. The number of benzene rings is 2. The molecule has 2 aromatic heterocycles. The van der Waals surface area contributed by atoms with Crippen molar-refractivity contribution >= 4 is 17.3 Å². The zero-order valence-corrected chi connectivity index (χ0v) is 16.5. The Labute approximate surface area is 167 Å². The van der Waals surface area contributed by atoms with Crippen molar-refractivity contribution in [2.45, 2.75) is 33.6 Å². The molecule has 0 saturated heterocycles. The summed E-state index contributed by atoms with van der Waals surface area (Å²) >= 11 is 0. The Bertz CT molecular complexity index is 1200. The normalized spacial score (nSPS) is 11.2. The van der Waals surface area contributed by atoms with Gasteiger partial charge in [0.05, 0.1) is 0 Å². The minimum Gasteiger partial charge on any atom is -0.340 e. The summed E-state index contributed by atoms with van der Waals surface area (Å²) in [6.07, 6.45) is 1.12. The van der Waals surface area contributed by atoms with Gasteiger partial charge in [0.2, 0.25) is 0 Å². The Morgan fingerprint density at radius 3 is 2.59 bits per heavy atom. The Morgan fingerprint density at radius 2 is 1.86 bits per heavy atom. The summed E-state index contributed by atoms with van der Waals surface area (Å²) in [5.74, 6) is 1.11. The number of aryl methyl sites for hydroxylation is 2. The summed E-state index contributed by atoms with van der Waals surface area (Å²) in [7, 11) is 0. The number of nitrogens with one attached hydrogen (secondary N) is 1. The molecule has 148 valence electrons. The zero-order valence-electron chi connectivity index (χ0n) is 16.5. The van der Waals surface area contributed by atoms with Gasteiger partial charge in [-0.1, -0.05) is 25.1 Å². The number of hydrogen-bond donors (Lipinski definition) is 1. The molecule has 4 aromatic rings. The van der Waals surface area contributed by atoms with Crippen LogP contribution in [0.5, 0.6) is 0 Å². The van der Waals surface area contributed by atoms with Crippen LogP contribution >= 0.6 is 0 Å². The van der Waals surface area contributed by atoms with Crippen LogP contribution in [0, 0.1) is 25.5 Å². The number of rotatable bonds is 5. The molecule has 2 heterocycles. The first-order chi connectivity index (χ1) is 13.9. The Morgan fingerprint density at radius 1 is 1.03 bits per heavy atom. The standard InChI is InChI=1S/C22H21F2N5/c1-4-18-14(3)25-22-27-20(11-15-6-5-7-16(23)10-15)28-29(22)21(18)26-17-9-8-13(2)19(24)12-17/h5-10,12,26H,4,11H2,1-3H3. The molecule has 0 aliphatic heterocycles. The first kappa shape index (κ1) is 19.0. The molecule has 0 bridgehead atoms. The second-order valence-corrected chi connectivity index (χ2v) is 7.01. The fraction of sp³-hybridized carbons (Fsp3) is 0.227. The quantitative estimate of drug-likeness (QED) is 0.523. The molecule has 2 aromatic carbocycles. The summed E-state index contributed by atoms with van der Waals surface area (Å²) in [6, 6.07) is 11.4. The molecule has 0 fully saturated rings. The third-order valence-corrected chi connectivity index (χ3v) is 4.88. The molecule has 0 radical (unpaired) electrons. The molecule has 5 nitrogen and oxygen atoms in total. The van der Waals surface area contributed by atoms with E-state index in [1.54, 1.807) is 23.6 Å². The summed E-state index contributed by atoms with van der Waals surface area (Å²) in [6.45, 7) is 5.67. The van der Waals surface area contributed by atoms with E-state index in [-0.39, 0.29) is 11.6 Å². The van der Waals surface area contributed by atoms with Gasteiger partial charge in [-0.2, -0.15) is 9.50 Å². The molecule has 1 N–H and O–H groups in total. The maximum absolute atomic E-state index is 14.0. The average molecular weight is 393 g/mol. The minimum absolute atomic E-state index is 0.277. The number of aromatic nitrogens is 4. The number of anilines is 2. The lowest BCUT2D eigenvalue weighted by atomic mass is 10.1. The highest BCUT2D eigenvalue weighted by Crippen LogP contribution is 2.25. The first-order valence-corrected chi connectivity index (χ1v) is 9.47. The van der Waals surface area contributed by atoms with E-state index >= 15 is 0 Å². The largest absolute Gasteiger partial charge is 0.340 e. The van der Waals surface area contributed by atoms with Gasteiger partial charge in [-0.05, 0) is 55.7 Å². The van der Waals surface area contributed by atoms with E-state index in [2.05, 4.69) is 20.4 Å². The van der Waals surface area contributed by atoms with Crippen LogP contribution in [0.3, 0.4) is 0 Å². The smallest absolute Gasteiger partial charge is 0.254 e. The molecule has 29 heavy (non-hydrogen) atoms. The van der Waals surface area contributed by atoms with Gasteiger partial charge in [-0.25, -0.2) is 13.8 Å². The van der Waals surface area contributed by atoms with Crippen LogP contribution in [0.15, 0.2) is 42.5 Å². The molecular weight excluding hydrogens is 372 g/mol. The van der Waals surface area contributed by atoms with Crippen molar-refractivity contribution in [2.24, 2.45) is 0 Å². The van der Waals surface area contributed by atoms with Gasteiger partial charge in [-0.15, -0.1) is 5.10 Å². The van der Waals surface area contributed by atoms with Crippen molar-refractivity contribution in [3.63, 3.8) is 0 Å². The molecule has 0 unspecified atom stereocenters. The van der Waals surface area contributed by atoms with Crippen molar-refractivity contribution in [2.75, 3.05) is 5.32 Å². The Balaban J connectivity index is 1.78. The summed E-state index contributed by atoms with van der Waals surface area (Å²) < 4.78 is 29.2. The molecule has 7 heteroatoms. The van der Waals surface area contributed by atoms with Crippen LogP contribution in [0.25, 0.3) is 5.78 Å². The fourth-order valence-electron chi connectivity index (χ4n) is 3.35. The number of nitrogens with zero attached hydrogens (tertiary/aromatic N) is 4. The van der Waals surface area contributed by atoms with Gasteiger partial charge in [0, 0.05) is 23.4 Å². The van der Waals surface area contributed by atoms with Crippen LogP contribution in [-0.2, 0) is 12.8 Å². The second-order valence-electron chi connectivity index (χ2n) is 7.01. The van der Waals surface area contributed by atoms with Crippen LogP contribution in [0.4, 0.5) is 20.3 Å². The molecule has 0 aliphatic carbocycles. The third kappa shape index (κ3) is 3.81. The highest BCUT2D eigenvalue weighted by Gasteiger charge is 2.16. The van der Waals surface area contributed by atoms with Gasteiger partial charge in [0.25, 0.3) is 5.78 Å². The minimum atomic E-state index is -0.294. The lowest BCUT2D eigenvalue weighted by Gasteiger charge is -2.14. The predicted octanol–water partition coefficient (Wildman–Crippen LogP) is 4.92. The second kappa shape index (κ2) is 7.58. The highest BCUT2D eigenvalue weighted by molar-refractivity contribution is 5.63. The van der Waals surface area contributed by atoms with Crippen molar-refractivity contribution in [1.29, 1.82) is 0 Å². The Hall–Kier alpha value is -3.35. The highest BCUT2D eigenvalue weighted by atomic mass is 19.1. The van der Waals surface area contributed by atoms with E-state index in [1.807, 2.05) is 26.0 Å². The lowest BCUT2D eigenvalue weighted by molar-refractivity contribution is 0.619. The summed E-state index contributed by atoms with van der Waals surface area (Å²) in [5.41, 5.74) is 3.79. The van der Waals surface area contributed by atoms with Crippen molar-refractivity contribution in [3.8, 4) is 0 Å². The number of halogens is 2. The van der Waals surface area contributed by atoms with E-state index in [1.165, 1.54) is 18.2 Å². The van der Waals surface area contributed by atoms with Gasteiger partial charge >= 0.3 is 0 Å².